The molecule has 1 aliphatic rings. The summed E-state index contributed by atoms with van der Waals surface area (Å²) in [6, 6.07) is 6.76. The molecule has 1 aliphatic carbocycles. The highest BCUT2D eigenvalue weighted by molar-refractivity contribution is 5.95. The molecule has 1 saturated carbocycles. The van der Waals surface area contributed by atoms with Gasteiger partial charge in [0, 0.05) is 12.7 Å². The van der Waals surface area contributed by atoms with E-state index < -0.39 is 5.91 Å². The molecule has 0 atom stereocenters. The van der Waals surface area contributed by atoms with Crippen molar-refractivity contribution >= 4 is 22.6 Å². The summed E-state index contributed by atoms with van der Waals surface area (Å²) in [6.45, 7) is 0.575. The monoisotopic (exact) mass is 365 g/mol. The van der Waals surface area contributed by atoms with Gasteiger partial charge in [0.1, 0.15) is 16.8 Å². The van der Waals surface area contributed by atoms with E-state index in [1.54, 1.807) is 22.9 Å². The lowest BCUT2D eigenvalue weighted by Gasteiger charge is -2.19. The van der Waals surface area contributed by atoms with Crippen LogP contribution >= 0.6 is 0 Å². The second kappa shape index (κ2) is 6.98. The van der Waals surface area contributed by atoms with Gasteiger partial charge in [0.05, 0.1) is 10.9 Å². The number of hydrogen-bond acceptors (Lipinski definition) is 4. The fraction of sp³-hybridized carbons (Fsp3) is 0.400. The number of fused-ring (bicyclic) bond motifs is 2. The Kier molecular flexibility index (Phi) is 4.51. The molecular weight excluding hydrogens is 342 g/mol. The van der Waals surface area contributed by atoms with E-state index in [0.717, 1.165) is 12.8 Å². The molecule has 0 spiro atoms. The van der Waals surface area contributed by atoms with Gasteiger partial charge < -0.3 is 10.3 Å². The number of nitrogens with zero attached hydrogens (tertiary/aromatic N) is 3. The van der Waals surface area contributed by atoms with Crippen molar-refractivity contribution in [3.8, 4) is 0 Å². The molecule has 3 aromatic rings. The van der Waals surface area contributed by atoms with Crippen LogP contribution in [0.2, 0.25) is 0 Å². The average Bonchev–Trinajstić information content (AvgIpc) is 2.93. The smallest absolute Gasteiger partial charge is 0.267 e. The van der Waals surface area contributed by atoms with Gasteiger partial charge in [-0.2, -0.15) is 0 Å². The zero-order valence-electron chi connectivity index (χ0n) is 15.1. The number of nitrogens with one attached hydrogen (secondary N) is 1. The molecule has 27 heavy (non-hydrogen) atoms. The first-order chi connectivity index (χ1) is 13.1. The fourth-order valence-electron chi connectivity index (χ4n) is 4.06. The van der Waals surface area contributed by atoms with Crippen LogP contribution < -0.4 is 16.8 Å². The molecule has 1 amide bonds. The van der Waals surface area contributed by atoms with E-state index in [1.165, 1.54) is 36.2 Å². The number of carbonyl (C=O) groups excluding carboxylic acids is 1. The maximum atomic E-state index is 13.0. The Hall–Kier alpha value is -2.96. The van der Waals surface area contributed by atoms with Crippen molar-refractivity contribution in [3.63, 3.8) is 0 Å². The van der Waals surface area contributed by atoms with Gasteiger partial charge in [0.2, 0.25) is 0 Å². The summed E-state index contributed by atoms with van der Waals surface area (Å²) in [6.07, 6.45) is 8.64. The molecule has 0 saturated heterocycles. The van der Waals surface area contributed by atoms with Crippen molar-refractivity contribution < 1.29 is 4.79 Å². The van der Waals surface area contributed by atoms with Crippen LogP contribution in [0.1, 0.15) is 48.9 Å². The van der Waals surface area contributed by atoms with Crippen molar-refractivity contribution in [1.82, 2.24) is 14.0 Å². The predicted octanol–water partition coefficient (Wildman–Crippen LogP) is 2.20. The zero-order chi connectivity index (χ0) is 19.0. The highest BCUT2D eigenvalue weighted by atomic mass is 16.1. The fourth-order valence-corrected chi connectivity index (χ4v) is 4.06. The van der Waals surface area contributed by atoms with Crippen LogP contribution in [0.3, 0.4) is 0 Å². The Morgan fingerprint density at radius 2 is 1.96 bits per heavy atom. The van der Waals surface area contributed by atoms with Gasteiger partial charge in [0.25, 0.3) is 11.5 Å². The van der Waals surface area contributed by atoms with E-state index in [1.807, 2.05) is 6.07 Å². The molecule has 1 fully saturated rings. The van der Waals surface area contributed by atoms with E-state index >= 15 is 0 Å². The maximum absolute atomic E-state index is 13.0. The Balaban J connectivity index is 1.99. The molecule has 4 rings (SSSR count). The molecule has 3 heterocycles. The van der Waals surface area contributed by atoms with Gasteiger partial charge in [-0.1, -0.05) is 31.7 Å². The number of aromatic nitrogens is 3. The van der Waals surface area contributed by atoms with Crippen LogP contribution in [0.25, 0.3) is 16.7 Å². The SMILES string of the molecule is N=c1c(C(N)=O)cc2c(=O)n3ccccc3nc2n1CC1CCCCCC1. The highest BCUT2D eigenvalue weighted by Crippen LogP contribution is 2.24. The third kappa shape index (κ3) is 3.13. The molecule has 0 aliphatic heterocycles. The lowest BCUT2D eigenvalue weighted by molar-refractivity contribution is 0.0998. The standard InChI is InChI=1S/C20H23N5O2/c21-17-14(18(22)26)11-15-19(23-16-9-5-6-10-24(16)20(15)27)25(17)12-13-7-3-1-2-4-8-13/h5-6,9-11,13,21H,1-4,7-8,12H2,(H2,22,26). The van der Waals surface area contributed by atoms with Gasteiger partial charge in [-0.25, -0.2) is 4.98 Å². The van der Waals surface area contributed by atoms with Crippen molar-refractivity contribution in [2.24, 2.45) is 11.7 Å². The van der Waals surface area contributed by atoms with Crippen LogP contribution in [-0.4, -0.2) is 19.9 Å². The van der Waals surface area contributed by atoms with E-state index in [-0.39, 0.29) is 16.6 Å². The molecule has 7 heteroatoms. The van der Waals surface area contributed by atoms with Crippen LogP contribution in [0, 0.1) is 11.3 Å². The number of nitrogens with two attached hydrogens (primary N) is 1. The van der Waals surface area contributed by atoms with Crippen LogP contribution in [0.5, 0.6) is 0 Å². The zero-order valence-corrected chi connectivity index (χ0v) is 15.1. The summed E-state index contributed by atoms with van der Waals surface area (Å²) in [5.41, 5.74) is 6.31. The molecule has 3 N–H and O–H groups in total. The Morgan fingerprint density at radius 1 is 1.22 bits per heavy atom. The first kappa shape index (κ1) is 17.5. The highest BCUT2D eigenvalue weighted by Gasteiger charge is 2.19. The summed E-state index contributed by atoms with van der Waals surface area (Å²) < 4.78 is 3.16. The molecule has 140 valence electrons. The third-order valence-corrected chi connectivity index (χ3v) is 5.50. The number of hydrogen-bond donors (Lipinski definition) is 2. The minimum atomic E-state index is -0.700. The summed E-state index contributed by atoms with van der Waals surface area (Å²) in [5, 5.41) is 8.84. The lowest BCUT2D eigenvalue weighted by Crippen LogP contribution is -2.34. The van der Waals surface area contributed by atoms with E-state index in [4.69, 9.17) is 11.1 Å². The van der Waals surface area contributed by atoms with E-state index in [9.17, 15) is 9.59 Å². The van der Waals surface area contributed by atoms with E-state index in [2.05, 4.69) is 4.98 Å². The molecule has 0 bridgehead atoms. The molecular formula is C20H23N5O2. The Morgan fingerprint density at radius 3 is 2.67 bits per heavy atom. The lowest BCUT2D eigenvalue weighted by atomic mass is 10.00. The van der Waals surface area contributed by atoms with Crippen molar-refractivity contribution in [1.29, 1.82) is 5.41 Å². The van der Waals surface area contributed by atoms with Crippen LogP contribution in [0.4, 0.5) is 0 Å². The first-order valence-electron chi connectivity index (χ1n) is 9.45. The second-order valence-corrected chi connectivity index (χ2v) is 7.32. The Bertz CT molecular complexity index is 1140. The van der Waals surface area contributed by atoms with E-state index in [0.29, 0.717) is 29.1 Å². The van der Waals surface area contributed by atoms with Crippen LogP contribution in [-0.2, 0) is 6.54 Å². The number of pyridine rings is 2. The number of rotatable bonds is 3. The van der Waals surface area contributed by atoms with Crippen molar-refractivity contribution in [3.05, 3.63) is 51.9 Å². The summed E-state index contributed by atoms with van der Waals surface area (Å²) in [4.78, 5) is 29.5. The molecule has 0 radical (unpaired) electrons. The van der Waals surface area contributed by atoms with Gasteiger partial charge in [0.15, 0.2) is 0 Å². The van der Waals surface area contributed by atoms with Gasteiger partial charge in [-0.3, -0.25) is 19.4 Å². The quantitative estimate of drug-likeness (QED) is 0.549. The summed E-state index contributed by atoms with van der Waals surface area (Å²) in [7, 11) is 0. The Labute approximate surface area is 156 Å². The number of primary amides is 1. The normalized spacial score (nSPS) is 15.9. The maximum Gasteiger partial charge on any atom is 0.267 e. The largest absolute Gasteiger partial charge is 0.365 e. The summed E-state index contributed by atoms with van der Waals surface area (Å²) >= 11 is 0. The van der Waals surface area contributed by atoms with Gasteiger partial charge >= 0.3 is 0 Å². The number of carbonyl (C=O) groups is 1. The second-order valence-electron chi connectivity index (χ2n) is 7.32. The minimum Gasteiger partial charge on any atom is -0.365 e. The first-order valence-corrected chi connectivity index (χ1v) is 9.45. The minimum absolute atomic E-state index is 0.0337. The van der Waals surface area contributed by atoms with Crippen LogP contribution in [0.15, 0.2) is 35.3 Å². The topological polar surface area (TPSA) is 106 Å². The van der Waals surface area contributed by atoms with Gasteiger partial charge in [-0.05, 0) is 37.0 Å². The number of amides is 1. The molecule has 0 unspecified atom stereocenters. The average molecular weight is 365 g/mol. The molecule has 0 aromatic carbocycles. The van der Waals surface area contributed by atoms with Crippen molar-refractivity contribution in [2.75, 3.05) is 0 Å². The van der Waals surface area contributed by atoms with Gasteiger partial charge in [-0.15, -0.1) is 0 Å². The predicted molar refractivity (Wildman–Crippen MR) is 103 cm³/mol. The molecule has 3 aromatic heterocycles. The van der Waals surface area contributed by atoms with Crippen molar-refractivity contribution in [2.45, 2.75) is 45.1 Å². The summed E-state index contributed by atoms with van der Waals surface area (Å²) in [5.74, 6) is -0.293. The molecule has 7 nitrogen and oxygen atoms in total. The third-order valence-electron chi connectivity index (χ3n) is 5.50.